The van der Waals surface area contributed by atoms with Crippen LogP contribution in [0.3, 0.4) is 0 Å². The molecule has 1 aromatic heterocycles. The predicted octanol–water partition coefficient (Wildman–Crippen LogP) is 2.25. The Bertz CT molecular complexity index is 481. The Balaban J connectivity index is 0.000000771. The van der Waals surface area contributed by atoms with Gasteiger partial charge in [0.15, 0.2) is 0 Å². The maximum Gasteiger partial charge on any atom is 0.274 e. The van der Waals surface area contributed by atoms with Crippen molar-refractivity contribution in [2.24, 2.45) is 0 Å². The van der Waals surface area contributed by atoms with Gasteiger partial charge in [0.2, 0.25) is 0 Å². The van der Waals surface area contributed by atoms with E-state index in [0.717, 1.165) is 18.4 Å². The molecule has 0 aliphatic carbocycles. The summed E-state index contributed by atoms with van der Waals surface area (Å²) in [6.07, 6.45) is 1.60. The molecule has 0 atom stereocenters. The molecule has 2 aromatic rings. The van der Waals surface area contributed by atoms with Crippen LogP contribution in [-0.4, -0.2) is 23.1 Å². The highest BCUT2D eigenvalue weighted by atomic mass is 16.2. The lowest BCUT2D eigenvalue weighted by Crippen LogP contribution is -2.13. The average molecular weight is 244 g/mol. The molecular formula is C14H16N2O2. The van der Waals surface area contributed by atoms with Crippen LogP contribution in [0, 0.1) is 6.92 Å². The van der Waals surface area contributed by atoms with E-state index in [2.05, 4.69) is 10.3 Å². The number of aryl methyl sites for hydroxylation is 1. The first-order valence-electron chi connectivity index (χ1n) is 5.49. The number of amides is 1. The number of hydrogen-bond donors (Lipinski definition) is 2. The first-order chi connectivity index (χ1) is 8.75. The van der Waals surface area contributed by atoms with E-state index < -0.39 is 0 Å². The van der Waals surface area contributed by atoms with Crippen molar-refractivity contribution >= 4 is 11.6 Å². The maximum absolute atomic E-state index is 11.7. The molecule has 2 rings (SSSR count). The summed E-state index contributed by atoms with van der Waals surface area (Å²) in [6.45, 7) is 2.00. The van der Waals surface area contributed by atoms with Crippen LogP contribution in [-0.2, 0) is 0 Å². The van der Waals surface area contributed by atoms with E-state index in [1.165, 1.54) is 0 Å². The van der Waals surface area contributed by atoms with Gasteiger partial charge in [-0.2, -0.15) is 0 Å². The number of benzene rings is 1. The zero-order valence-electron chi connectivity index (χ0n) is 10.4. The molecule has 2 N–H and O–H groups in total. The third kappa shape index (κ3) is 3.99. The number of rotatable bonds is 2. The summed E-state index contributed by atoms with van der Waals surface area (Å²) >= 11 is 0. The first-order valence-corrected chi connectivity index (χ1v) is 5.49. The second-order valence-corrected chi connectivity index (χ2v) is 3.54. The Morgan fingerprint density at radius 3 is 2.33 bits per heavy atom. The SMILES string of the molecule is CO.Cc1ccc(NC(=O)c2ccccn2)cc1. The summed E-state index contributed by atoms with van der Waals surface area (Å²) in [6, 6.07) is 12.9. The van der Waals surface area contributed by atoms with Gasteiger partial charge in [0, 0.05) is 19.0 Å². The van der Waals surface area contributed by atoms with Gasteiger partial charge in [-0.25, -0.2) is 0 Å². The van der Waals surface area contributed by atoms with Crippen molar-refractivity contribution in [3.05, 3.63) is 59.9 Å². The van der Waals surface area contributed by atoms with Crippen LogP contribution < -0.4 is 5.32 Å². The standard InChI is InChI=1S/C13H12N2O.CH4O/c1-10-5-7-11(8-6-10)15-13(16)12-4-2-3-9-14-12;1-2/h2-9H,1H3,(H,15,16);2H,1H3. The summed E-state index contributed by atoms with van der Waals surface area (Å²) in [5, 5.41) is 9.78. The van der Waals surface area contributed by atoms with Crippen molar-refractivity contribution in [1.29, 1.82) is 0 Å². The van der Waals surface area contributed by atoms with Gasteiger partial charge in [0.1, 0.15) is 5.69 Å². The van der Waals surface area contributed by atoms with Gasteiger partial charge in [0.25, 0.3) is 5.91 Å². The smallest absolute Gasteiger partial charge is 0.274 e. The molecule has 1 amide bonds. The molecule has 0 unspecified atom stereocenters. The molecule has 1 aromatic carbocycles. The lowest BCUT2D eigenvalue weighted by Gasteiger charge is -2.04. The number of aliphatic hydroxyl groups is 1. The number of carbonyl (C=O) groups is 1. The molecular weight excluding hydrogens is 228 g/mol. The summed E-state index contributed by atoms with van der Waals surface area (Å²) in [5.41, 5.74) is 2.36. The molecule has 4 nitrogen and oxygen atoms in total. The minimum Gasteiger partial charge on any atom is -0.400 e. The Kier molecular flexibility index (Phi) is 5.54. The number of carbonyl (C=O) groups excluding carboxylic acids is 1. The Labute approximate surface area is 106 Å². The molecule has 0 spiro atoms. The van der Waals surface area contributed by atoms with Crippen LogP contribution in [0.2, 0.25) is 0 Å². The summed E-state index contributed by atoms with van der Waals surface area (Å²) in [5.74, 6) is -0.190. The van der Waals surface area contributed by atoms with Crippen LogP contribution in [0.1, 0.15) is 16.1 Å². The van der Waals surface area contributed by atoms with Crippen molar-refractivity contribution < 1.29 is 9.90 Å². The van der Waals surface area contributed by atoms with E-state index in [0.29, 0.717) is 5.69 Å². The first kappa shape index (κ1) is 13.9. The van der Waals surface area contributed by atoms with E-state index in [-0.39, 0.29) is 5.91 Å². The van der Waals surface area contributed by atoms with Gasteiger partial charge < -0.3 is 10.4 Å². The highest BCUT2D eigenvalue weighted by Crippen LogP contribution is 2.09. The molecule has 1 heterocycles. The van der Waals surface area contributed by atoms with E-state index in [9.17, 15) is 4.79 Å². The topological polar surface area (TPSA) is 62.2 Å². The normalized spacial score (nSPS) is 9.06. The molecule has 0 aliphatic heterocycles. The summed E-state index contributed by atoms with van der Waals surface area (Å²) in [4.78, 5) is 15.7. The molecule has 0 fully saturated rings. The lowest BCUT2D eigenvalue weighted by atomic mass is 10.2. The summed E-state index contributed by atoms with van der Waals surface area (Å²) < 4.78 is 0. The minimum atomic E-state index is -0.190. The maximum atomic E-state index is 11.7. The van der Waals surface area contributed by atoms with Crippen LogP contribution in [0.25, 0.3) is 0 Å². The largest absolute Gasteiger partial charge is 0.400 e. The molecule has 18 heavy (non-hydrogen) atoms. The number of anilines is 1. The molecule has 4 heteroatoms. The lowest BCUT2D eigenvalue weighted by molar-refractivity contribution is 0.102. The number of aromatic nitrogens is 1. The van der Waals surface area contributed by atoms with Crippen molar-refractivity contribution in [2.45, 2.75) is 6.92 Å². The highest BCUT2D eigenvalue weighted by molar-refractivity contribution is 6.02. The van der Waals surface area contributed by atoms with Crippen LogP contribution >= 0.6 is 0 Å². The van der Waals surface area contributed by atoms with Gasteiger partial charge in [0.05, 0.1) is 0 Å². The van der Waals surface area contributed by atoms with E-state index in [1.807, 2.05) is 31.2 Å². The van der Waals surface area contributed by atoms with Gasteiger partial charge in [-0.3, -0.25) is 9.78 Å². The quantitative estimate of drug-likeness (QED) is 0.851. The Hall–Kier alpha value is -2.20. The third-order valence-electron chi connectivity index (χ3n) is 2.21. The highest BCUT2D eigenvalue weighted by Gasteiger charge is 2.05. The third-order valence-corrected chi connectivity index (χ3v) is 2.21. The van der Waals surface area contributed by atoms with Crippen LogP contribution in [0.4, 0.5) is 5.69 Å². The number of hydrogen-bond acceptors (Lipinski definition) is 3. The number of pyridine rings is 1. The second-order valence-electron chi connectivity index (χ2n) is 3.54. The summed E-state index contributed by atoms with van der Waals surface area (Å²) in [7, 11) is 1.00. The van der Waals surface area contributed by atoms with E-state index in [4.69, 9.17) is 5.11 Å². The van der Waals surface area contributed by atoms with E-state index in [1.54, 1.807) is 24.4 Å². The monoisotopic (exact) mass is 244 g/mol. The van der Waals surface area contributed by atoms with Crippen molar-refractivity contribution in [1.82, 2.24) is 4.98 Å². The van der Waals surface area contributed by atoms with Crippen LogP contribution in [0.5, 0.6) is 0 Å². The van der Waals surface area contributed by atoms with Crippen molar-refractivity contribution in [3.63, 3.8) is 0 Å². The minimum absolute atomic E-state index is 0.190. The molecule has 94 valence electrons. The molecule has 0 saturated carbocycles. The predicted molar refractivity (Wildman–Crippen MR) is 71.5 cm³/mol. The fourth-order valence-corrected chi connectivity index (χ4v) is 1.33. The Morgan fingerprint density at radius 2 is 1.78 bits per heavy atom. The Morgan fingerprint density at radius 1 is 1.11 bits per heavy atom. The van der Waals surface area contributed by atoms with Gasteiger partial charge >= 0.3 is 0 Å². The average Bonchev–Trinajstić information content (AvgIpc) is 2.44. The fraction of sp³-hybridized carbons (Fsp3) is 0.143. The van der Waals surface area contributed by atoms with Gasteiger partial charge in [-0.1, -0.05) is 23.8 Å². The molecule has 0 bridgehead atoms. The number of aliphatic hydroxyl groups excluding tert-OH is 1. The second kappa shape index (κ2) is 7.19. The van der Waals surface area contributed by atoms with Gasteiger partial charge in [-0.15, -0.1) is 0 Å². The zero-order chi connectivity index (χ0) is 13.4. The fourth-order valence-electron chi connectivity index (χ4n) is 1.33. The molecule has 0 saturated heterocycles. The molecule has 0 radical (unpaired) electrons. The molecule has 0 aliphatic rings. The number of nitrogens with one attached hydrogen (secondary N) is 1. The van der Waals surface area contributed by atoms with E-state index >= 15 is 0 Å². The van der Waals surface area contributed by atoms with Crippen molar-refractivity contribution in [2.75, 3.05) is 12.4 Å². The van der Waals surface area contributed by atoms with Crippen molar-refractivity contribution in [3.8, 4) is 0 Å². The zero-order valence-corrected chi connectivity index (χ0v) is 10.4. The van der Waals surface area contributed by atoms with Gasteiger partial charge in [-0.05, 0) is 31.2 Å². The van der Waals surface area contributed by atoms with Crippen LogP contribution in [0.15, 0.2) is 48.7 Å². The number of nitrogens with zero attached hydrogens (tertiary/aromatic N) is 1.